The molecule has 2 rings (SSSR count). The molecule has 0 aromatic heterocycles. The van der Waals surface area contributed by atoms with Gasteiger partial charge in [0.15, 0.2) is 0 Å². The molecule has 106 valence electrons. The minimum absolute atomic E-state index is 0.0361. The first kappa shape index (κ1) is 15.4. The van der Waals surface area contributed by atoms with E-state index in [4.69, 9.17) is 11.6 Å². The van der Waals surface area contributed by atoms with E-state index in [0.717, 1.165) is 20.7 Å². The lowest BCUT2D eigenvalue weighted by atomic mass is 10.1. The van der Waals surface area contributed by atoms with Crippen LogP contribution in [0.1, 0.15) is 24.1 Å². The fraction of sp³-hybridized carbons (Fsp3) is 0.250. The zero-order valence-corrected chi connectivity index (χ0v) is 13.8. The molecule has 0 saturated heterocycles. The molecular weight excluding hydrogens is 338 g/mol. The van der Waals surface area contributed by atoms with Gasteiger partial charge in [0.05, 0.1) is 12.6 Å². The van der Waals surface area contributed by atoms with Crippen LogP contribution in [-0.2, 0) is 6.61 Å². The van der Waals surface area contributed by atoms with E-state index in [-0.39, 0.29) is 12.6 Å². The van der Waals surface area contributed by atoms with Crippen molar-refractivity contribution in [2.24, 2.45) is 0 Å². The molecule has 0 fully saturated rings. The highest BCUT2D eigenvalue weighted by Gasteiger charge is 2.13. The maximum atomic E-state index is 9.21. The molecule has 1 N–H and O–H groups in total. The van der Waals surface area contributed by atoms with Gasteiger partial charge in [0.1, 0.15) is 0 Å². The first-order valence-corrected chi connectivity index (χ1v) is 7.57. The van der Waals surface area contributed by atoms with Crippen LogP contribution in [0, 0.1) is 0 Å². The van der Waals surface area contributed by atoms with Gasteiger partial charge in [-0.05, 0) is 42.3 Å². The predicted molar refractivity (Wildman–Crippen MR) is 88.3 cm³/mol. The molecule has 2 nitrogen and oxygen atoms in total. The number of halogens is 2. The molecule has 0 aliphatic heterocycles. The van der Waals surface area contributed by atoms with Gasteiger partial charge in [-0.15, -0.1) is 0 Å². The average molecular weight is 355 g/mol. The molecule has 20 heavy (non-hydrogen) atoms. The van der Waals surface area contributed by atoms with Crippen molar-refractivity contribution < 1.29 is 5.11 Å². The van der Waals surface area contributed by atoms with Crippen molar-refractivity contribution in [2.75, 3.05) is 11.9 Å². The summed E-state index contributed by atoms with van der Waals surface area (Å²) in [5.74, 6) is 0. The fourth-order valence-electron chi connectivity index (χ4n) is 2.10. The molecule has 0 heterocycles. The molecule has 0 aliphatic carbocycles. The van der Waals surface area contributed by atoms with Crippen molar-refractivity contribution >= 4 is 33.2 Å². The molecule has 4 heteroatoms. The molecule has 0 bridgehead atoms. The van der Waals surface area contributed by atoms with Gasteiger partial charge in [0.25, 0.3) is 0 Å². The standard InChI is InChI=1S/C16H17BrClNO/c1-11(12-4-3-5-14(18)8-12)19(2)15-7-6-13(10-20)16(17)9-15/h3-9,11,20H,10H2,1-2H3. The summed E-state index contributed by atoms with van der Waals surface area (Å²) in [6, 6.07) is 14.1. The van der Waals surface area contributed by atoms with Crippen LogP contribution in [-0.4, -0.2) is 12.2 Å². The Kier molecular flexibility index (Phi) is 5.08. The fourth-order valence-corrected chi connectivity index (χ4v) is 2.79. The number of rotatable bonds is 4. The normalized spacial score (nSPS) is 12.2. The second kappa shape index (κ2) is 6.61. The molecule has 0 saturated carbocycles. The number of hydrogen-bond acceptors (Lipinski definition) is 2. The number of aliphatic hydroxyl groups is 1. The van der Waals surface area contributed by atoms with Gasteiger partial charge in [-0.1, -0.05) is 45.7 Å². The monoisotopic (exact) mass is 353 g/mol. The number of aliphatic hydroxyl groups excluding tert-OH is 1. The maximum absolute atomic E-state index is 9.21. The third-order valence-electron chi connectivity index (χ3n) is 3.53. The molecule has 0 aliphatic rings. The van der Waals surface area contributed by atoms with Crippen molar-refractivity contribution in [3.05, 3.63) is 63.1 Å². The van der Waals surface area contributed by atoms with E-state index >= 15 is 0 Å². The Labute approximate surface area is 133 Å². The van der Waals surface area contributed by atoms with Crippen molar-refractivity contribution in [1.29, 1.82) is 0 Å². The van der Waals surface area contributed by atoms with Crippen molar-refractivity contribution in [3.63, 3.8) is 0 Å². The van der Waals surface area contributed by atoms with Crippen LogP contribution in [0.5, 0.6) is 0 Å². The molecule has 1 unspecified atom stereocenters. The van der Waals surface area contributed by atoms with Gasteiger partial charge < -0.3 is 10.0 Å². The largest absolute Gasteiger partial charge is 0.392 e. The number of benzene rings is 2. The first-order chi connectivity index (χ1) is 9.52. The van der Waals surface area contributed by atoms with Crippen LogP contribution in [0.15, 0.2) is 46.9 Å². The van der Waals surface area contributed by atoms with Gasteiger partial charge in [-0.2, -0.15) is 0 Å². The van der Waals surface area contributed by atoms with Crippen LogP contribution in [0.2, 0.25) is 5.02 Å². The molecule has 2 aromatic carbocycles. The van der Waals surface area contributed by atoms with Crippen LogP contribution >= 0.6 is 27.5 Å². The molecule has 0 amide bonds. The predicted octanol–water partition coefficient (Wildman–Crippen LogP) is 4.79. The van der Waals surface area contributed by atoms with E-state index in [1.54, 1.807) is 0 Å². The van der Waals surface area contributed by atoms with Gasteiger partial charge in [-0.25, -0.2) is 0 Å². The van der Waals surface area contributed by atoms with E-state index in [1.165, 1.54) is 5.56 Å². The molecule has 0 spiro atoms. The van der Waals surface area contributed by atoms with Gasteiger partial charge >= 0.3 is 0 Å². The van der Waals surface area contributed by atoms with E-state index < -0.39 is 0 Å². The van der Waals surface area contributed by atoms with Crippen LogP contribution in [0.4, 0.5) is 5.69 Å². The smallest absolute Gasteiger partial charge is 0.0692 e. The van der Waals surface area contributed by atoms with Crippen LogP contribution < -0.4 is 4.90 Å². The Hall–Kier alpha value is -1.03. The zero-order valence-electron chi connectivity index (χ0n) is 11.5. The first-order valence-electron chi connectivity index (χ1n) is 6.40. The topological polar surface area (TPSA) is 23.5 Å². The molecule has 1 atom stereocenters. The Morgan fingerprint density at radius 2 is 2.00 bits per heavy atom. The molecular formula is C16H17BrClNO. The van der Waals surface area contributed by atoms with Gasteiger partial charge in [0.2, 0.25) is 0 Å². The average Bonchev–Trinajstić information content (AvgIpc) is 2.45. The maximum Gasteiger partial charge on any atom is 0.0692 e. The summed E-state index contributed by atoms with van der Waals surface area (Å²) >= 11 is 9.54. The van der Waals surface area contributed by atoms with Crippen molar-refractivity contribution in [1.82, 2.24) is 0 Å². The van der Waals surface area contributed by atoms with Gasteiger partial charge in [0, 0.05) is 22.2 Å². The summed E-state index contributed by atoms with van der Waals surface area (Å²) in [5.41, 5.74) is 3.14. The summed E-state index contributed by atoms with van der Waals surface area (Å²) in [5, 5.41) is 9.96. The zero-order chi connectivity index (χ0) is 14.7. The number of hydrogen-bond donors (Lipinski definition) is 1. The molecule has 0 radical (unpaired) electrons. The summed E-state index contributed by atoms with van der Waals surface area (Å²) in [4.78, 5) is 2.18. The SMILES string of the molecule is CC(c1cccc(Cl)c1)N(C)c1ccc(CO)c(Br)c1. The second-order valence-electron chi connectivity index (χ2n) is 4.78. The third kappa shape index (κ3) is 3.35. The van der Waals surface area contributed by atoms with Crippen molar-refractivity contribution in [2.45, 2.75) is 19.6 Å². The Bertz CT molecular complexity index is 603. The van der Waals surface area contributed by atoms with Crippen LogP contribution in [0.25, 0.3) is 0 Å². The summed E-state index contributed by atoms with van der Waals surface area (Å²) in [7, 11) is 2.05. The van der Waals surface area contributed by atoms with E-state index in [1.807, 2.05) is 43.4 Å². The highest BCUT2D eigenvalue weighted by atomic mass is 79.9. The number of nitrogens with zero attached hydrogens (tertiary/aromatic N) is 1. The summed E-state index contributed by atoms with van der Waals surface area (Å²) < 4.78 is 0.919. The van der Waals surface area contributed by atoms with E-state index in [0.29, 0.717) is 0 Å². The quantitative estimate of drug-likeness (QED) is 0.853. The van der Waals surface area contributed by atoms with Crippen molar-refractivity contribution in [3.8, 4) is 0 Å². The van der Waals surface area contributed by atoms with E-state index in [2.05, 4.69) is 33.8 Å². The Morgan fingerprint density at radius 3 is 2.60 bits per heavy atom. The van der Waals surface area contributed by atoms with Crippen LogP contribution in [0.3, 0.4) is 0 Å². The Balaban J connectivity index is 2.26. The lowest BCUT2D eigenvalue weighted by Gasteiger charge is -2.28. The lowest BCUT2D eigenvalue weighted by molar-refractivity contribution is 0.281. The minimum atomic E-state index is 0.0361. The van der Waals surface area contributed by atoms with Gasteiger partial charge in [-0.3, -0.25) is 0 Å². The summed E-state index contributed by atoms with van der Waals surface area (Å²) in [6.07, 6.45) is 0. The number of anilines is 1. The highest BCUT2D eigenvalue weighted by molar-refractivity contribution is 9.10. The lowest BCUT2D eigenvalue weighted by Crippen LogP contribution is -2.21. The third-order valence-corrected chi connectivity index (χ3v) is 4.50. The van der Waals surface area contributed by atoms with E-state index in [9.17, 15) is 5.11 Å². The highest BCUT2D eigenvalue weighted by Crippen LogP contribution is 2.30. The minimum Gasteiger partial charge on any atom is -0.392 e. The second-order valence-corrected chi connectivity index (χ2v) is 6.07. The Morgan fingerprint density at radius 1 is 1.25 bits per heavy atom. The molecule has 2 aromatic rings. The summed E-state index contributed by atoms with van der Waals surface area (Å²) in [6.45, 7) is 2.17.